The number of carbonyl (C=O) groups excluding carboxylic acids is 1. The van der Waals surface area contributed by atoms with Gasteiger partial charge in [-0.05, 0) is 19.8 Å². The first-order chi connectivity index (χ1) is 11.2. The Kier molecular flexibility index (Phi) is 5.60. The van der Waals surface area contributed by atoms with E-state index in [-0.39, 0.29) is 23.9 Å². The van der Waals surface area contributed by atoms with Crippen molar-refractivity contribution in [3.05, 3.63) is 12.0 Å². The monoisotopic (exact) mass is 358 g/mol. The fraction of sp³-hybridized carbons (Fsp3) is 0.643. The summed E-state index contributed by atoms with van der Waals surface area (Å²) in [6.07, 6.45) is 2.30. The Hall–Kier alpha value is -1.94. The largest absolute Gasteiger partial charge is 0.481 e. The Labute approximate surface area is 140 Å². The fourth-order valence-corrected chi connectivity index (χ4v) is 3.62. The number of nitrogens with one attached hydrogen (secondary N) is 1. The predicted octanol–water partition coefficient (Wildman–Crippen LogP) is -0.280. The number of hydrogen-bond acceptors (Lipinski definition) is 5. The van der Waals surface area contributed by atoms with E-state index < -0.39 is 21.9 Å². The maximum absolute atomic E-state index is 12.1. The highest BCUT2D eigenvalue weighted by Gasteiger charge is 2.27. The maximum Gasteiger partial charge on any atom is 0.306 e. The van der Waals surface area contributed by atoms with Gasteiger partial charge in [-0.25, -0.2) is 18.1 Å². The first kappa shape index (κ1) is 18.4. The Morgan fingerprint density at radius 1 is 1.38 bits per heavy atom. The van der Waals surface area contributed by atoms with E-state index in [0.717, 1.165) is 0 Å². The van der Waals surface area contributed by atoms with Gasteiger partial charge in [0.25, 0.3) is 10.0 Å². The maximum atomic E-state index is 12.1. The van der Waals surface area contributed by atoms with Gasteiger partial charge >= 0.3 is 5.97 Å². The number of aryl methyl sites for hydroxylation is 2. The van der Waals surface area contributed by atoms with Gasteiger partial charge in [0.2, 0.25) is 5.91 Å². The van der Waals surface area contributed by atoms with Crippen molar-refractivity contribution in [1.29, 1.82) is 0 Å². The molecule has 0 bridgehead atoms. The molecule has 0 spiro atoms. The first-order valence-electron chi connectivity index (χ1n) is 7.71. The molecule has 0 aromatic carbocycles. The van der Waals surface area contributed by atoms with Crippen LogP contribution in [0, 0.1) is 12.8 Å². The Balaban J connectivity index is 1.81. The molecule has 1 amide bonds. The molecule has 2 heterocycles. The van der Waals surface area contributed by atoms with Gasteiger partial charge in [-0.2, -0.15) is 0 Å². The van der Waals surface area contributed by atoms with E-state index in [1.807, 2.05) is 0 Å². The molecule has 1 saturated heterocycles. The number of piperidine rings is 1. The zero-order chi connectivity index (χ0) is 17.9. The van der Waals surface area contributed by atoms with Crippen LogP contribution in [0.15, 0.2) is 11.2 Å². The quantitative estimate of drug-likeness (QED) is 0.721. The summed E-state index contributed by atoms with van der Waals surface area (Å²) in [6, 6.07) is 0. The topological polar surface area (TPSA) is 122 Å². The summed E-state index contributed by atoms with van der Waals surface area (Å²) in [7, 11) is -2.04. The minimum atomic E-state index is -3.74. The molecule has 1 aliphatic heterocycles. The number of sulfonamides is 1. The molecule has 1 fully saturated rings. The van der Waals surface area contributed by atoms with Crippen LogP contribution in [0.3, 0.4) is 0 Å². The molecule has 2 N–H and O–H groups in total. The SMILES string of the molecule is Cc1nc(S(=O)(=O)NCCC(=O)N2CCC(C(=O)O)CC2)cn1C. The Morgan fingerprint density at radius 3 is 2.50 bits per heavy atom. The number of aromatic nitrogens is 2. The lowest BCUT2D eigenvalue weighted by Crippen LogP contribution is -2.41. The van der Waals surface area contributed by atoms with Crippen molar-refractivity contribution in [2.24, 2.45) is 13.0 Å². The van der Waals surface area contributed by atoms with Gasteiger partial charge in [-0.3, -0.25) is 9.59 Å². The van der Waals surface area contributed by atoms with Crippen molar-refractivity contribution in [2.75, 3.05) is 19.6 Å². The standard InChI is InChI=1S/C14H22N4O5S/c1-10-16-12(9-17(10)2)24(22,23)15-6-3-13(19)18-7-4-11(5-8-18)14(20)21/h9,11,15H,3-8H2,1-2H3,(H,20,21). The van der Waals surface area contributed by atoms with Crippen molar-refractivity contribution in [2.45, 2.75) is 31.2 Å². The van der Waals surface area contributed by atoms with Crippen LogP contribution < -0.4 is 4.72 Å². The van der Waals surface area contributed by atoms with E-state index in [0.29, 0.717) is 31.8 Å². The van der Waals surface area contributed by atoms with Gasteiger partial charge in [-0.1, -0.05) is 0 Å². The lowest BCUT2D eigenvalue weighted by Gasteiger charge is -2.30. The molecule has 134 valence electrons. The van der Waals surface area contributed by atoms with Crippen molar-refractivity contribution >= 4 is 21.9 Å². The average Bonchev–Trinajstić information content (AvgIpc) is 2.87. The van der Waals surface area contributed by atoms with Gasteiger partial charge in [0.1, 0.15) is 5.82 Å². The third-order valence-electron chi connectivity index (χ3n) is 4.19. The second kappa shape index (κ2) is 7.31. The molecular weight excluding hydrogens is 336 g/mol. The second-order valence-corrected chi connectivity index (χ2v) is 7.59. The van der Waals surface area contributed by atoms with E-state index in [4.69, 9.17) is 5.11 Å². The van der Waals surface area contributed by atoms with Crippen LogP contribution in [0.4, 0.5) is 0 Å². The normalized spacial score (nSPS) is 16.3. The molecule has 0 aliphatic carbocycles. The van der Waals surface area contributed by atoms with Crippen LogP contribution in [0.1, 0.15) is 25.1 Å². The lowest BCUT2D eigenvalue weighted by atomic mass is 9.97. The van der Waals surface area contributed by atoms with Crippen molar-refractivity contribution in [1.82, 2.24) is 19.2 Å². The van der Waals surface area contributed by atoms with Gasteiger partial charge in [0, 0.05) is 39.3 Å². The molecular formula is C14H22N4O5S. The van der Waals surface area contributed by atoms with Crippen LogP contribution in [0.5, 0.6) is 0 Å². The molecule has 1 aromatic heterocycles. The third-order valence-corrected chi connectivity index (χ3v) is 5.52. The lowest BCUT2D eigenvalue weighted by molar-refractivity contribution is -0.145. The average molecular weight is 358 g/mol. The summed E-state index contributed by atoms with van der Waals surface area (Å²) >= 11 is 0. The van der Waals surface area contributed by atoms with Gasteiger partial charge < -0.3 is 14.6 Å². The highest BCUT2D eigenvalue weighted by Crippen LogP contribution is 2.17. The molecule has 0 saturated carbocycles. The zero-order valence-corrected chi connectivity index (χ0v) is 14.5. The Bertz CT molecular complexity index is 700. The molecule has 10 heteroatoms. The van der Waals surface area contributed by atoms with Crippen LogP contribution in [0.25, 0.3) is 0 Å². The van der Waals surface area contributed by atoms with Crippen molar-refractivity contribution in [3.8, 4) is 0 Å². The van der Waals surface area contributed by atoms with Crippen LogP contribution in [-0.4, -0.2) is 59.5 Å². The Morgan fingerprint density at radius 2 is 2.00 bits per heavy atom. The summed E-state index contributed by atoms with van der Waals surface area (Å²) in [4.78, 5) is 28.5. The first-order valence-corrected chi connectivity index (χ1v) is 9.19. The van der Waals surface area contributed by atoms with Gasteiger partial charge in [-0.15, -0.1) is 0 Å². The molecule has 2 rings (SSSR count). The zero-order valence-electron chi connectivity index (χ0n) is 13.7. The molecule has 0 radical (unpaired) electrons. The van der Waals surface area contributed by atoms with E-state index in [9.17, 15) is 18.0 Å². The van der Waals surface area contributed by atoms with Crippen molar-refractivity contribution in [3.63, 3.8) is 0 Å². The van der Waals surface area contributed by atoms with Gasteiger partial charge in [0.15, 0.2) is 5.03 Å². The van der Waals surface area contributed by atoms with E-state index in [2.05, 4.69) is 9.71 Å². The number of amides is 1. The number of likely N-dealkylation sites (tertiary alicyclic amines) is 1. The molecule has 0 unspecified atom stereocenters. The summed E-state index contributed by atoms with van der Waals surface area (Å²) in [6.45, 7) is 2.46. The summed E-state index contributed by atoms with van der Waals surface area (Å²) in [5.74, 6) is -0.841. The second-order valence-electron chi connectivity index (χ2n) is 5.88. The highest BCUT2D eigenvalue weighted by molar-refractivity contribution is 7.89. The smallest absolute Gasteiger partial charge is 0.306 e. The van der Waals surface area contributed by atoms with E-state index in [1.54, 1.807) is 23.4 Å². The van der Waals surface area contributed by atoms with Crippen molar-refractivity contribution < 1.29 is 23.1 Å². The number of carboxylic acids is 1. The highest BCUT2D eigenvalue weighted by atomic mass is 32.2. The van der Waals surface area contributed by atoms with Crippen LogP contribution >= 0.6 is 0 Å². The summed E-state index contributed by atoms with van der Waals surface area (Å²) in [5, 5.41) is 8.86. The predicted molar refractivity (Wildman–Crippen MR) is 84.7 cm³/mol. The molecule has 9 nitrogen and oxygen atoms in total. The molecule has 1 aliphatic rings. The number of carbonyl (C=O) groups is 2. The van der Waals surface area contributed by atoms with Gasteiger partial charge in [0.05, 0.1) is 5.92 Å². The number of carboxylic acid groups (broad SMARTS) is 1. The van der Waals surface area contributed by atoms with Crippen LogP contribution in [-0.2, 0) is 26.7 Å². The molecule has 1 aromatic rings. The fourth-order valence-electron chi connectivity index (χ4n) is 2.56. The third kappa shape index (κ3) is 4.32. The minimum absolute atomic E-state index is 0.0182. The molecule has 0 atom stereocenters. The number of aliphatic carboxylic acids is 1. The number of imidazole rings is 1. The minimum Gasteiger partial charge on any atom is -0.481 e. The number of nitrogens with zero attached hydrogens (tertiary/aromatic N) is 3. The summed E-state index contributed by atoms with van der Waals surface area (Å²) in [5.41, 5.74) is 0. The molecule has 24 heavy (non-hydrogen) atoms. The van der Waals surface area contributed by atoms with E-state index >= 15 is 0 Å². The van der Waals surface area contributed by atoms with E-state index in [1.165, 1.54) is 6.20 Å². The number of hydrogen-bond donors (Lipinski definition) is 2. The summed E-state index contributed by atoms with van der Waals surface area (Å²) < 4.78 is 28.2. The number of rotatable bonds is 6. The van der Waals surface area contributed by atoms with Crippen LogP contribution in [0.2, 0.25) is 0 Å².